The minimum Gasteiger partial charge on any atom is -0.479 e. The first-order valence-electron chi connectivity index (χ1n) is 10.3. The first kappa shape index (κ1) is 22.6. The van der Waals surface area contributed by atoms with E-state index in [0.29, 0.717) is 5.46 Å². The van der Waals surface area contributed by atoms with E-state index in [0.717, 1.165) is 0 Å². The van der Waals surface area contributed by atoms with E-state index in [4.69, 9.17) is 14.0 Å². The van der Waals surface area contributed by atoms with Gasteiger partial charge in [0.25, 0.3) is 0 Å². The number of aliphatic carboxylic acids is 1. The van der Waals surface area contributed by atoms with Gasteiger partial charge in [-0.2, -0.15) is 5.10 Å². The third-order valence-corrected chi connectivity index (χ3v) is 6.21. The Morgan fingerprint density at radius 1 is 1.13 bits per heavy atom. The number of carboxylic acid groups (broad SMARTS) is 1. The summed E-state index contributed by atoms with van der Waals surface area (Å²) in [5.74, 6) is -0.977. The maximum atomic E-state index is 12.3. The Bertz CT molecular complexity index is 805. The third-order valence-electron chi connectivity index (χ3n) is 6.21. The van der Waals surface area contributed by atoms with Gasteiger partial charge in [0.2, 0.25) is 0 Å². The summed E-state index contributed by atoms with van der Waals surface area (Å²) in [4.78, 5) is 26.1. The molecule has 0 bridgehead atoms. The van der Waals surface area contributed by atoms with Gasteiger partial charge >= 0.3 is 19.2 Å². The van der Waals surface area contributed by atoms with Gasteiger partial charge in [0.1, 0.15) is 5.60 Å². The monoisotopic (exact) mass is 421 g/mol. The molecule has 166 valence electrons. The van der Waals surface area contributed by atoms with Crippen LogP contribution in [-0.2, 0) is 24.4 Å². The van der Waals surface area contributed by atoms with Crippen molar-refractivity contribution in [2.75, 3.05) is 13.1 Å². The second kappa shape index (κ2) is 7.27. The molecule has 3 rings (SSSR count). The van der Waals surface area contributed by atoms with Crippen LogP contribution in [0.3, 0.4) is 0 Å². The van der Waals surface area contributed by atoms with Gasteiger partial charge in [-0.25, -0.2) is 9.59 Å². The zero-order chi connectivity index (χ0) is 22.5. The molecule has 2 aliphatic heterocycles. The molecule has 2 fully saturated rings. The molecule has 0 atom stereocenters. The number of piperidine rings is 1. The molecule has 1 amide bonds. The molecule has 9 nitrogen and oxygen atoms in total. The van der Waals surface area contributed by atoms with Gasteiger partial charge in [-0.15, -0.1) is 0 Å². The molecule has 0 radical (unpaired) electrons. The molecule has 2 aliphatic rings. The average molecular weight is 421 g/mol. The number of likely N-dealkylation sites (tertiary alicyclic amines) is 1. The lowest BCUT2D eigenvalue weighted by Crippen LogP contribution is -2.53. The highest BCUT2D eigenvalue weighted by atomic mass is 16.7. The fourth-order valence-corrected chi connectivity index (χ4v) is 3.60. The van der Waals surface area contributed by atoms with Gasteiger partial charge in [0.15, 0.2) is 5.54 Å². The van der Waals surface area contributed by atoms with Gasteiger partial charge in [-0.05, 0) is 48.5 Å². The van der Waals surface area contributed by atoms with Crippen molar-refractivity contribution in [1.29, 1.82) is 0 Å². The van der Waals surface area contributed by atoms with Crippen LogP contribution in [-0.4, -0.2) is 68.9 Å². The van der Waals surface area contributed by atoms with Crippen molar-refractivity contribution in [2.24, 2.45) is 0 Å². The van der Waals surface area contributed by atoms with Crippen molar-refractivity contribution in [3.8, 4) is 0 Å². The average Bonchev–Trinajstić information content (AvgIpc) is 3.16. The molecule has 30 heavy (non-hydrogen) atoms. The van der Waals surface area contributed by atoms with Crippen molar-refractivity contribution in [2.45, 2.75) is 83.6 Å². The third kappa shape index (κ3) is 4.07. The summed E-state index contributed by atoms with van der Waals surface area (Å²) in [6.45, 7) is 13.8. The predicted octanol–water partition coefficient (Wildman–Crippen LogP) is 1.99. The summed E-state index contributed by atoms with van der Waals surface area (Å²) in [6.07, 6.45) is 3.30. The van der Waals surface area contributed by atoms with E-state index in [9.17, 15) is 14.7 Å². The Labute approximate surface area is 177 Å². The highest BCUT2D eigenvalue weighted by Crippen LogP contribution is 2.37. The number of nitrogens with zero attached hydrogens (tertiary/aromatic N) is 3. The van der Waals surface area contributed by atoms with Crippen molar-refractivity contribution in [3.05, 3.63) is 12.4 Å². The molecule has 3 heterocycles. The summed E-state index contributed by atoms with van der Waals surface area (Å²) in [7, 11) is -0.614. The number of hydrogen-bond acceptors (Lipinski definition) is 6. The van der Waals surface area contributed by atoms with Crippen LogP contribution in [0.1, 0.15) is 61.3 Å². The van der Waals surface area contributed by atoms with Crippen molar-refractivity contribution in [1.82, 2.24) is 14.7 Å². The van der Waals surface area contributed by atoms with E-state index < -0.39 is 41.5 Å². The molecule has 0 spiro atoms. The number of amides is 1. The minimum absolute atomic E-state index is 0.228. The van der Waals surface area contributed by atoms with Crippen LogP contribution in [0.25, 0.3) is 0 Å². The lowest BCUT2D eigenvalue weighted by atomic mass is 9.81. The quantitative estimate of drug-likeness (QED) is 0.745. The van der Waals surface area contributed by atoms with Crippen LogP contribution in [0.4, 0.5) is 4.79 Å². The molecular weight excluding hydrogens is 389 g/mol. The van der Waals surface area contributed by atoms with Crippen LogP contribution < -0.4 is 5.46 Å². The van der Waals surface area contributed by atoms with Crippen LogP contribution in [0.15, 0.2) is 12.4 Å². The fourth-order valence-electron chi connectivity index (χ4n) is 3.60. The standard InChI is InChI=1S/C20H32BN3O6/c1-17(2,3)28-16(27)23-10-8-20(9-11-23,15(25)26)24-13-14(12-22-24)21-29-18(4,5)19(6,7)30-21/h12-13H,8-11H2,1-7H3,(H,25,26). The maximum Gasteiger partial charge on any atom is 0.498 e. The normalized spacial score (nSPS) is 22.8. The summed E-state index contributed by atoms with van der Waals surface area (Å²) in [6, 6.07) is 0. The van der Waals surface area contributed by atoms with Crippen LogP contribution in [0, 0.1) is 0 Å². The van der Waals surface area contributed by atoms with Crippen molar-refractivity contribution in [3.63, 3.8) is 0 Å². The molecule has 10 heteroatoms. The van der Waals surface area contributed by atoms with Gasteiger partial charge in [-0.1, -0.05) is 0 Å². The second-order valence-corrected chi connectivity index (χ2v) is 10.1. The molecule has 0 aliphatic carbocycles. The van der Waals surface area contributed by atoms with E-state index in [2.05, 4.69) is 5.10 Å². The Morgan fingerprint density at radius 2 is 1.67 bits per heavy atom. The zero-order valence-corrected chi connectivity index (χ0v) is 18.9. The zero-order valence-electron chi connectivity index (χ0n) is 18.9. The van der Waals surface area contributed by atoms with Crippen LogP contribution >= 0.6 is 0 Å². The van der Waals surface area contributed by atoms with Crippen LogP contribution in [0.5, 0.6) is 0 Å². The molecule has 1 aromatic rings. The maximum absolute atomic E-state index is 12.3. The fraction of sp³-hybridized carbons (Fsp3) is 0.750. The van der Waals surface area contributed by atoms with Gasteiger partial charge in [0, 0.05) is 43.8 Å². The lowest BCUT2D eigenvalue weighted by Gasteiger charge is -2.39. The molecule has 0 unspecified atom stereocenters. The molecule has 0 aromatic carbocycles. The largest absolute Gasteiger partial charge is 0.498 e. The number of ether oxygens (including phenoxy) is 1. The first-order valence-corrected chi connectivity index (χ1v) is 10.3. The van der Waals surface area contributed by atoms with Crippen molar-refractivity contribution >= 4 is 24.6 Å². The first-order chi connectivity index (χ1) is 13.7. The molecular formula is C20H32BN3O6. The van der Waals surface area contributed by atoms with Gasteiger partial charge < -0.3 is 24.1 Å². The highest BCUT2D eigenvalue weighted by molar-refractivity contribution is 6.62. The number of carbonyl (C=O) groups excluding carboxylic acids is 1. The molecule has 1 aromatic heterocycles. The molecule has 2 saturated heterocycles. The van der Waals surface area contributed by atoms with E-state index in [-0.39, 0.29) is 25.9 Å². The lowest BCUT2D eigenvalue weighted by molar-refractivity contribution is -0.151. The number of aromatic nitrogens is 2. The summed E-state index contributed by atoms with van der Waals surface area (Å²) in [5.41, 5.74) is -2.16. The van der Waals surface area contributed by atoms with E-state index in [1.165, 1.54) is 4.68 Å². The predicted molar refractivity (Wildman–Crippen MR) is 111 cm³/mol. The van der Waals surface area contributed by atoms with E-state index >= 15 is 0 Å². The van der Waals surface area contributed by atoms with E-state index in [1.54, 1.807) is 38.1 Å². The van der Waals surface area contributed by atoms with Gasteiger partial charge in [0.05, 0.1) is 11.2 Å². The number of rotatable bonds is 3. The Balaban J connectivity index is 1.76. The topological polar surface area (TPSA) is 103 Å². The smallest absolute Gasteiger partial charge is 0.479 e. The summed E-state index contributed by atoms with van der Waals surface area (Å²) < 4.78 is 19.0. The Kier molecular flexibility index (Phi) is 5.48. The van der Waals surface area contributed by atoms with Crippen molar-refractivity contribution < 1.29 is 28.7 Å². The Morgan fingerprint density at radius 3 is 2.13 bits per heavy atom. The van der Waals surface area contributed by atoms with Crippen LogP contribution in [0.2, 0.25) is 0 Å². The van der Waals surface area contributed by atoms with E-state index in [1.807, 2.05) is 27.7 Å². The molecule has 1 N–H and O–H groups in total. The number of carboxylic acids is 1. The molecule has 0 saturated carbocycles. The number of carbonyl (C=O) groups is 2. The Hall–Kier alpha value is -2.07. The number of hydrogen-bond donors (Lipinski definition) is 1. The summed E-state index contributed by atoms with van der Waals surface area (Å²) >= 11 is 0. The SMILES string of the molecule is CC(C)(C)OC(=O)N1CCC(C(=O)O)(n2cc(B3OC(C)(C)C(C)(C)O3)cn2)CC1. The highest BCUT2D eigenvalue weighted by Gasteiger charge is 2.53. The minimum atomic E-state index is -1.24. The second-order valence-electron chi connectivity index (χ2n) is 10.1. The summed E-state index contributed by atoms with van der Waals surface area (Å²) in [5, 5.41) is 14.4. The van der Waals surface area contributed by atoms with Gasteiger partial charge in [-0.3, -0.25) is 4.68 Å².